The molecule has 0 spiro atoms. The van der Waals surface area contributed by atoms with Crippen LogP contribution in [0.2, 0.25) is 0 Å². The van der Waals surface area contributed by atoms with E-state index < -0.39 is 21.6 Å². The Morgan fingerprint density at radius 3 is 2.47 bits per heavy atom. The first kappa shape index (κ1) is 15.3. The standard InChI is InChI=1S/C12H17NO5S/c1-17-12(14)9-19(15,16)8-2-7-18-11-5-3-10(13)4-6-11/h3-6H,2,7-9,13H2,1H3. The summed E-state index contributed by atoms with van der Waals surface area (Å²) in [4.78, 5) is 10.9. The maximum atomic E-state index is 11.5. The Labute approximate surface area is 112 Å². The van der Waals surface area contributed by atoms with Crippen LogP contribution in [-0.4, -0.2) is 39.6 Å². The molecule has 0 unspecified atom stereocenters. The quantitative estimate of drug-likeness (QED) is 0.449. The largest absolute Gasteiger partial charge is 0.494 e. The van der Waals surface area contributed by atoms with Crippen molar-refractivity contribution >= 4 is 21.5 Å². The van der Waals surface area contributed by atoms with E-state index >= 15 is 0 Å². The van der Waals surface area contributed by atoms with Gasteiger partial charge in [-0.1, -0.05) is 0 Å². The lowest BCUT2D eigenvalue weighted by molar-refractivity contribution is -0.137. The zero-order valence-electron chi connectivity index (χ0n) is 10.7. The summed E-state index contributed by atoms with van der Waals surface area (Å²) in [5, 5.41) is 0. The summed E-state index contributed by atoms with van der Waals surface area (Å²) in [7, 11) is -2.27. The summed E-state index contributed by atoms with van der Waals surface area (Å²) in [6.07, 6.45) is 0.309. The van der Waals surface area contributed by atoms with E-state index in [9.17, 15) is 13.2 Å². The first-order valence-electron chi connectivity index (χ1n) is 5.68. The Balaban J connectivity index is 2.30. The van der Waals surface area contributed by atoms with Crippen molar-refractivity contribution in [3.8, 4) is 5.75 Å². The van der Waals surface area contributed by atoms with Crippen LogP contribution in [0.15, 0.2) is 24.3 Å². The van der Waals surface area contributed by atoms with E-state index in [1.165, 1.54) is 0 Å². The Morgan fingerprint density at radius 2 is 1.89 bits per heavy atom. The third kappa shape index (κ3) is 6.10. The number of esters is 1. The summed E-state index contributed by atoms with van der Waals surface area (Å²) < 4.78 is 32.6. The fraction of sp³-hybridized carbons (Fsp3) is 0.417. The molecule has 0 fully saturated rings. The molecule has 6 nitrogen and oxygen atoms in total. The normalized spacial score (nSPS) is 11.0. The van der Waals surface area contributed by atoms with Gasteiger partial charge in [0.25, 0.3) is 0 Å². The number of rotatable bonds is 7. The van der Waals surface area contributed by atoms with Gasteiger partial charge in [0.15, 0.2) is 9.84 Å². The van der Waals surface area contributed by atoms with E-state index in [2.05, 4.69) is 4.74 Å². The van der Waals surface area contributed by atoms with Crippen LogP contribution >= 0.6 is 0 Å². The topological polar surface area (TPSA) is 95.7 Å². The summed E-state index contributed by atoms with van der Waals surface area (Å²) in [6.45, 7) is 0.254. The molecule has 0 saturated heterocycles. The molecule has 0 bridgehead atoms. The molecular formula is C12H17NO5S. The molecule has 0 aliphatic heterocycles. The minimum absolute atomic E-state index is 0.114. The molecule has 19 heavy (non-hydrogen) atoms. The van der Waals surface area contributed by atoms with Crippen molar-refractivity contribution in [1.82, 2.24) is 0 Å². The highest BCUT2D eigenvalue weighted by atomic mass is 32.2. The van der Waals surface area contributed by atoms with Gasteiger partial charge in [0.1, 0.15) is 11.5 Å². The summed E-state index contributed by atoms with van der Waals surface area (Å²) in [5.74, 6) is -0.832. The van der Waals surface area contributed by atoms with Gasteiger partial charge < -0.3 is 15.2 Å². The Kier molecular flexibility index (Phi) is 5.62. The van der Waals surface area contributed by atoms with Crippen LogP contribution in [0.3, 0.4) is 0 Å². The third-order valence-electron chi connectivity index (χ3n) is 2.31. The van der Waals surface area contributed by atoms with Gasteiger partial charge in [-0.25, -0.2) is 8.42 Å². The van der Waals surface area contributed by atoms with Crippen molar-refractivity contribution < 1.29 is 22.7 Å². The third-order valence-corrected chi connectivity index (χ3v) is 3.90. The van der Waals surface area contributed by atoms with Crippen molar-refractivity contribution in [2.24, 2.45) is 0 Å². The molecule has 0 amide bonds. The number of carbonyl (C=O) groups is 1. The molecule has 7 heteroatoms. The Morgan fingerprint density at radius 1 is 1.26 bits per heavy atom. The first-order valence-corrected chi connectivity index (χ1v) is 7.50. The predicted octanol–water partition coefficient (Wildman–Crippen LogP) is 0.625. The highest BCUT2D eigenvalue weighted by Crippen LogP contribution is 2.13. The average molecular weight is 287 g/mol. The van der Waals surface area contributed by atoms with Gasteiger partial charge in [-0.2, -0.15) is 0 Å². The number of sulfone groups is 1. The minimum Gasteiger partial charge on any atom is -0.494 e. The predicted molar refractivity (Wildman–Crippen MR) is 71.6 cm³/mol. The van der Waals surface area contributed by atoms with Crippen molar-refractivity contribution in [3.05, 3.63) is 24.3 Å². The molecule has 0 saturated carbocycles. The first-order chi connectivity index (χ1) is 8.93. The average Bonchev–Trinajstić information content (AvgIpc) is 2.36. The van der Waals surface area contributed by atoms with Crippen LogP contribution < -0.4 is 10.5 Å². The summed E-state index contributed by atoms with van der Waals surface area (Å²) >= 11 is 0. The zero-order chi connectivity index (χ0) is 14.3. The molecule has 0 aliphatic rings. The maximum Gasteiger partial charge on any atom is 0.320 e. The van der Waals surface area contributed by atoms with Crippen LogP contribution in [0.4, 0.5) is 5.69 Å². The molecular weight excluding hydrogens is 270 g/mol. The second kappa shape index (κ2) is 6.98. The number of hydrogen-bond donors (Lipinski definition) is 1. The number of benzene rings is 1. The summed E-state index contributed by atoms with van der Waals surface area (Å²) in [6, 6.07) is 6.81. The van der Waals surface area contributed by atoms with Crippen LogP contribution in [0.5, 0.6) is 5.75 Å². The van der Waals surface area contributed by atoms with E-state index in [1.807, 2.05) is 0 Å². The molecule has 0 aromatic heterocycles. The van der Waals surface area contributed by atoms with Gasteiger partial charge >= 0.3 is 5.97 Å². The van der Waals surface area contributed by atoms with E-state index in [1.54, 1.807) is 24.3 Å². The van der Waals surface area contributed by atoms with Crippen molar-refractivity contribution in [2.45, 2.75) is 6.42 Å². The van der Waals surface area contributed by atoms with E-state index in [-0.39, 0.29) is 12.4 Å². The highest BCUT2D eigenvalue weighted by Gasteiger charge is 2.16. The number of anilines is 1. The number of methoxy groups -OCH3 is 1. The van der Waals surface area contributed by atoms with E-state index in [0.717, 1.165) is 7.11 Å². The van der Waals surface area contributed by atoms with Gasteiger partial charge in [0.2, 0.25) is 0 Å². The van der Waals surface area contributed by atoms with E-state index in [4.69, 9.17) is 10.5 Å². The van der Waals surface area contributed by atoms with Gasteiger partial charge in [-0.05, 0) is 30.7 Å². The molecule has 0 radical (unpaired) electrons. The number of ether oxygens (including phenoxy) is 2. The monoisotopic (exact) mass is 287 g/mol. The van der Waals surface area contributed by atoms with Crippen molar-refractivity contribution in [1.29, 1.82) is 0 Å². The van der Waals surface area contributed by atoms with Crippen molar-refractivity contribution in [3.63, 3.8) is 0 Å². The van der Waals surface area contributed by atoms with Gasteiger partial charge in [-0.15, -0.1) is 0 Å². The second-order valence-electron chi connectivity index (χ2n) is 3.94. The SMILES string of the molecule is COC(=O)CS(=O)(=O)CCCOc1ccc(N)cc1. The van der Waals surface area contributed by atoms with Crippen LogP contribution in [0, 0.1) is 0 Å². The number of carbonyl (C=O) groups excluding carboxylic acids is 1. The van der Waals surface area contributed by atoms with Gasteiger partial charge in [-0.3, -0.25) is 4.79 Å². The van der Waals surface area contributed by atoms with Crippen LogP contribution in [0.25, 0.3) is 0 Å². The molecule has 2 N–H and O–H groups in total. The molecule has 0 aliphatic carbocycles. The molecule has 0 atom stereocenters. The smallest absolute Gasteiger partial charge is 0.320 e. The van der Waals surface area contributed by atoms with Crippen molar-refractivity contribution in [2.75, 3.05) is 31.0 Å². The highest BCUT2D eigenvalue weighted by molar-refractivity contribution is 7.92. The lowest BCUT2D eigenvalue weighted by atomic mass is 10.3. The lowest BCUT2D eigenvalue weighted by Gasteiger charge is -2.06. The molecule has 0 heterocycles. The lowest BCUT2D eigenvalue weighted by Crippen LogP contribution is -2.21. The fourth-order valence-electron chi connectivity index (χ4n) is 1.34. The number of hydrogen-bond acceptors (Lipinski definition) is 6. The maximum absolute atomic E-state index is 11.5. The number of nitrogen functional groups attached to an aromatic ring is 1. The zero-order valence-corrected chi connectivity index (χ0v) is 11.5. The molecule has 1 aromatic rings. The van der Waals surface area contributed by atoms with Gasteiger partial charge in [0.05, 0.1) is 19.5 Å². The fourth-order valence-corrected chi connectivity index (χ4v) is 2.52. The summed E-state index contributed by atoms with van der Waals surface area (Å²) in [5.41, 5.74) is 6.15. The van der Waals surface area contributed by atoms with Crippen LogP contribution in [-0.2, 0) is 19.4 Å². The minimum atomic E-state index is -3.43. The Bertz CT molecular complexity index is 509. The molecule has 1 aromatic carbocycles. The van der Waals surface area contributed by atoms with E-state index in [0.29, 0.717) is 17.9 Å². The van der Waals surface area contributed by atoms with Crippen LogP contribution in [0.1, 0.15) is 6.42 Å². The van der Waals surface area contributed by atoms with Gasteiger partial charge in [0, 0.05) is 5.69 Å². The molecule has 1 rings (SSSR count). The second-order valence-corrected chi connectivity index (χ2v) is 6.12. The molecule has 106 valence electrons. The number of nitrogens with two attached hydrogens (primary N) is 1. The Hall–Kier alpha value is -1.76.